The number of rotatable bonds is 3. The van der Waals surface area contributed by atoms with E-state index in [1.54, 1.807) is 0 Å². The normalized spacial score (nSPS) is 32.5. The van der Waals surface area contributed by atoms with E-state index in [1.807, 2.05) is 24.3 Å². The van der Waals surface area contributed by atoms with Gasteiger partial charge in [0, 0.05) is 23.6 Å². The first-order valence-corrected chi connectivity index (χ1v) is 10.4. The predicted molar refractivity (Wildman–Crippen MR) is 108 cm³/mol. The predicted octanol–water partition coefficient (Wildman–Crippen LogP) is 3.43. The smallest absolute Gasteiger partial charge is 0.399 e. The van der Waals surface area contributed by atoms with Gasteiger partial charge in [-0.05, 0) is 65.9 Å². The van der Waals surface area contributed by atoms with Crippen molar-refractivity contribution in [3.05, 3.63) is 29.8 Å². The van der Waals surface area contributed by atoms with Gasteiger partial charge in [-0.25, -0.2) is 0 Å². The van der Waals surface area contributed by atoms with E-state index in [2.05, 4.69) is 39.6 Å². The quantitative estimate of drug-likeness (QED) is 0.605. The zero-order chi connectivity index (χ0) is 19.4. The third-order valence-corrected chi connectivity index (χ3v) is 7.43. The maximum Gasteiger partial charge on any atom is 0.494 e. The SMILES string of the molecule is CN1C2CCCC1CC(C(=O)c1ccc(B3OC(C)(C)C(C)(C)O3)cc1)C2. The molecule has 4 rings (SSSR count). The Morgan fingerprint density at radius 3 is 2.04 bits per heavy atom. The highest BCUT2D eigenvalue weighted by Gasteiger charge is 2.51. The summed E-state index contributed by atoms with van der Waals surface area (Å²) in [5, 5.41) is 0. The van der Waals surface area contributed by atoms with Gasteiger partial charge < -0.3 is 14.2 Å². The van der Waals surface area contributed by atoms with Crippen LogP contribution in [-0.4, -0.2) is 48.1 Å². The summed E-state index contributed by atoms with van der Waals surface area (Å²) in [6, 6.07) is 9.05. The highest BCUT2D eigenvalue weighted by molar-refractivity contribution is 6.62. The largest absolute Gasteiger partial charge is 0.494 e. The van der Waals surface area contributed by atoms with Gasteiger partial charge >= 0.3 is 7.12 Å². The van der Waals surface area contributed by atoms with E-state index in [0.29, 0.717) is 17.9 Å². The number of carbonyl (C=O) groups is 1. The molecule has 1 aromatic carbocycles. The molecule has 4 nitrogen and oxygen atoms in total. The molecular formula is C22H32BNO3. The van der Waals surface area contributed by atoms with Crippen LogP contribution in [0.1, 0.15) is 70.2 Å². The maximum atomic E-state index is 13.1. The monoisotopic (exact) mass is 369 g/mol. The van der Waals surface area contributed by atoms with E-state index in [-0.39, 0.29) is 24.2 Å². The lowest BCUT2D eigenvalue weighted by Crippen LogP contribution is -2.51. The van der Waals surface area contributed by atoms with Gasteiger partial charge in [-0.15, -0.1) is 0 Å². The molecule has 2 unspecified atom stereocenters. The number of benzene rings is 1. The Balaban J connectivity index is 1.46. The second kappa shape index (κ2) is 6.72. The van der Waals surface area contributed by atoms with Crippen molar-refractivity contribution in [3.8, 4) is 0 Å². The first-order chi connectivity index (χ1) is 12.7. The summed E-state index contributed by atoms with van der Waals surface area (Å²) in [7, 11) is 1.86. The molecule has 0 amide bonds. The van der Waals surface area contributed by atoms with Crippen LogP contribution in [-0.2, 0) is 9.31 Å². The van der Waals surface area contributed by atoms with Crippen LogP contribution in [0.2, 0.25) is 0 Å². The molecule has 3 aliphatic heterocycles. The van der Waals surface area contributed by atoms with E-state index in [1.165, 1.54) is 19.3 Å². The molecule has 146 valence electrons. The maximum absolute atomic E-state index is 13.1. The van der Waals surface area contributed by atoms with Gasteiger partial charge in [0.2, 0.25) is 0 Å². The molecule has 0 radical (unpaired) electrons. The summed E-state index contributed by atoms with van der Waals surface area (Å²) in [5.74, 6) is 0.472. The molecule has 0 aromatic heterocycles. The minimum absolute atomic E-state index is 0.166. The Labute approximate surface area is 163 Å². The van der Waals surface area contributed by atoms with E-state index in [0.717, 1.165) is 23.9 Å². The van der Waals surface area contributed by atoms with Crippen LogP contribution in [0.15, 0.2) is 24.3 Å². The lowest BCUT2D eigenvalue weighted by molar-refractivity contribution is 0.00578. The summed E-state index contributed by atoms with van der Waals surface area (Å²) >= 11 is 0. The first kappa shape index (κ1) is 19.2. The molecule has 3 aliphatic rings. The van der Waals surface area contributed by atoms with Gasteiger partial charge in [0.1, 0.15) is 0 Å². The van der Waals surface area contributed by atoms with Gasteiger partial charge in [-0.3, -0.25) is 4.79 Å². The molecule has 0 N–H and O–H groups in total. The fourth-order valence-electron chi connectivity index (χ4n) is 4.85. The number of hydrogen-bond acceptors (Lipinski definition) is 4. The molecule has 2 atom stereocenters. The summed E-state index contributed by atoms with van der Waals surface area (Å²) in [5.41, 5.74) is 1.10. The molecule has 0 saturated carbocycles. The Bertz CT molecular complexity index is 685. The summed E-state index contributed by atoms with van der Waals surface area (Å²) in [6.07, 6.45) is 5.79. The molecule has 3 fully saturated rings. The number of nitrogens with zero attached hydrogens (tertiary/aromatic N) is 1. The molecular weight excluding hydrogens is 337 g/mol. The average Bonchev–Trinajstić information content (AvgIpc) is 2.82. The third-order valence-electron chi connectivity index (χ3n) is 7.43. The van der Waals surface area contributed by atoms with Crippen molar-refractivity contribution in [1.29, 1.82) is 0 Å². The molecule has 1 aromatic rings. The number of Topliss-reactive ketones (excluding diaryl/α,β-unsaturated/α-hetero) is 1. The molecule has 3 saturated heterocycles. The summed E-state index contributed by atoms with van der Waals surface area (Å²) in [6.45, 7) is 8.23. The van der Waals surface area contributed by atoms with Gasteiger partial charge in [0.05, 0.1) is 11.2 Å². The molecule has 3 heterocycles. The van der Waals surface area contributed by atoms with Crippen molar-refractivity contribution in [3.63, 3.8) is 0 Å². The first-order valence-electron chi connectivity index (χ1n) is 10.4. The fourth-order valence-corrected chi connectivity index (χ4v) is 4.85. The van der Waals surface area contributed by atoms with E-state index in [4.69, 9.17) is 9.31 Å². The van der Waals surface area contributed by atoms with Crippen LogP contribution in [0.5, 0.6) is 0 Å². The van der Waals surface area contributed by atoms with Crippen LogP contribution in [0.3, 0.4) is 0 Å². The van der Waals surface area contributed by atoms with Gasteiger partial charge in [-0.1, -0.05) is 30.7 Å². The Morgan fingerprint density at radius 1 is 1.00 bits per heavy atom. The number of fused-ring (bicyclic) bond motifs is 2. The molecule has 27 heavy (non-hydrogen) atoms. The second-order valence-electron chi connectivity index (χ2n) is 9.65. The minimum Gasteiger partial charge on any atom is -0.399 e. The van der Waals surface area contributed by atoms with E-state index >= 15 is 0 Å². The average molecular weight is 369 g/mol. The third kappa shape index (κ3) is 3.39. The van der Waals surface area contributed by atoms with Crippen molar-refractivity contribution < 1.29 is 14.1 Å². The topological polar surface area (TPSA) is 38.8 Å². The van der Waals surface area contributed by atoms with Crippen LogP contribution in [0.25, 0.3) is 0 Å². The van der Waals surface area contributed by atoms with Gasteiger partial charge in [0.15, 0.2) is 5.78 Å². The van der Waals surface area contributed by atoms with E-state index in [9.17, 15) is 4.79 Å². The standard InChI is InChI=1S/C22H32BNO3/c1-21(2)22(3,4)27-23(26-21)17-11-9-15(10-12-17)20(25)16-13-18-7-6-8-19(14-16)24(18)5/h9-12,16,18-19H,6-8,13-14H2,1-5H3. The van der Waals surface area contributed by atoms with Crippen molar-refractivity contribution in [2.45, 2.75) is 83.1 Å². The van der Waals surface area contributed by atoms with Crippen LogP contribution < -0.4 is 5.46 Å². The summed E-state index contributed by atoms with van der Waals surface area (Å²) < 4.78 is 12.2. The van der Waals surface area contributed by atoms with Gasteiger partial charge in [-0.2, -0.15) is 0 Å². The lowest BCUT2D eigenvalue weighted by Gasteiger charge is -2.46. The van der Waals surface area contributed by atoms with Crippen molar-refractivity contribution in [2.24, 2.45) is 5.92 Å². The number of carbonyl (C=O) groups excluding carboxylic acids is 1. The number of ketones is 1. The molecule has 5 heteroatoms. The minimum atomic E-state index is -0.373. The van der Waals surface area contributed by atoms with Crippen molar-refractivity contribution in [1.82, 2.24) is 4.90 Å². The van der Waals surface area contributed by atoms with Crippen LogP contribution >= 0.6 is 0 Å². The van der Waals surface area contributed by atoms with Crippen LogP contribution in [0, 0.1) is 5.92 Å². The zero-order valence-corrected chi connectivity index (χ0v) is 17.3. The number of piperidine rings is 2. The van der Waals surface area contributed by atoms with E-state index < -0.39 is 0 Å². The van der Waals surface area contributed by atoms with Crippen molar-refractivity contribution >= 4 is 18.4 Å². The molecule has 0 spiro atoms. The Kier molecular flexibility index (Phi) is 4.77. The van der Waals surface area contributed by atoms with Crippen LogP contribution in [0.4, 0.5) is 0 Å². The van der Waals surface area contributed by atoms with Crippen molar-refractivity contribution in [2.75, 3.05) is 7.05 Å². The lowest BCUT2D eigenvalue weighted by atomic mass is 9.75. The highest BCUT2D eigenvalue weighted by Crippen LogP contribution is 2.38. The Hall–Kier alpha value is -1.17. The van der Waals surface area contributed by atoms with Gasteiger partial charge in [0.25, 0.3) is 0 Å². The second-order valence-corrected chi connectivity index (χ2v) is 9.65. The zero-order valence-electron chi connectivity index (χ0n) is 17.3. The summed E-state index contributed by atoms with van der Waals surface area (Å²) in [4.78, 5) is 15.6. The molecule has 0 aliphatic carbocycles. The highest BCUT2D eigenvalue weighted by atomic mass is 16.7. The Morgan fingerprint density at radius 2 is 1.52 bits per heavy atom. The fraction of sp³-hybridized carbons (Fsp3) is 0.682. The molecule has 2 bridgehead atoms. The number of hydrogen-bond donors (Lipinski definition) is 0.